The van der Waals surface area contributed by atoms with Gasteiger partial charge in [0.1, 0.15) is 10.9 Å². The Morgan fingerprint density at radius 1 is 1.28 bits per heavy atom. The fourth-order valence-corrected chi connectivity index (χ4v) is 3.44. The van der Waals surface area contributed by atoms with Crippen LogP contribution in [0.2, 0.25) is 5.02 Å². The van der Waals surface area contributed by atoms with Gasteiger partial charge in [-0.05, 0) is 23.8 Å². The summed E-state index contributed by atoms with van der Waals surface area (Å²) >= 11 is 6.87. The van der Waals surface area contributed by atoms with Crippen LogP contribution in [0.3, 0.4) is 0 Å². The van der Waals surface area contributed by atoms with E-state index in [1.807, 2.05) is 0 Å². The van der Waals surface area contributed by atoms with Crippen LogP contribution in [-0.4, -0.2) is 33.4 Å². The number of hydrogen-bond donors (Lipinski definition) is 2. The number of thioether (sulfide) groups is 1. The SMILES string of the molecule is O=C(CC1S/C(=N/N=C/c2ccc(Cl)cc2)NC1=O)Nc1ccccc1[N+](=O)[O-]. The summed E-state index contributed by atoms with van der Waals surface area (Å²) in [4.78, 5) is 34.7. The number of rotatable bonds is 6. The van der Waals surface area contributed by atoms with Crippen molar-refractivity contribution in [2.24, 2.45) is 10.2 Å². The van der Waals surface area contributed by atoms with E-state index in [4.69, 9.17) is 11.6 Å². The van der Waals surface area contributed by atoms with Gasteiger partial charge in [0.15, 0.2) is 5.17 Å². The molecular weight excluding hydrogens is 418 g/mol. The van der Waals surface area contributed by atoms with Crippen LogP contribution in [-0.2, 0) is 9.59 Å². The normalized spacial score (nSPS) is 17.5. The Hall–Kier alpha value is -3.24. The molecule has 9 nitrogen and oxygen atoms in total. The summed E-state index contributed by atoms with van der Waals surface area (Å²) < 4.78 is 0. The molecular formula is C18H14ClN5O4S. The summed E-state index contributed by atoms with van der Waals surface area (Å²) in [6, 6.07) is 12.8. The van der Waals surface area contributed by atoms with E-state index in [1.165, 1.54) is 24.4 Å². The lowest BCUT2D eigenvalue weighted by molar-refractivity contribution is -0.383. The highest BCUT2D eigenvalue weighted by atomic mass is 35.5. The van der Waals surface area contributed by atoms with Gasteiger partial charge in [0, 0.05) is 17.5 Å². The van der Waals surface area contributed by atoms with Crippen molar-refractivity contribution in [1.82, 2.24) is 5.32 Å². The van der Waals surface area contributed by atoms with Gasteiger partial charge < -0.3 is 10.6 Å². The van der Waals surface area contributed by atoms with E-state index >= 15 is 0 Å². The third-order valence-corrected chi connectivity index (χ3v) is 5.07. The molecule has 2 amide bonds. The molecule has 1 saturated heterocycles. The summed E-state index contributed by atoms with van der Waals surface area (Å²) in [5.41, 5.74) is 0.643. The van der Waals surface area contributed by atoms with Gasteiger partial charge in [0.2, 0.25) is 11.8 Å². The molecule has 2 N–H and O–H groups in total. The monoisotopic (exact) mass is 431 g/mol. The van der Waals surface area contributed by atoms with Gasteiger partial charge in [0.25, 0.3) is 5.69 Å². The Morgan fingerprint density at radius 3 is 2.72 bits per heavy atom. The minimum Gasteiger partial charge on any atom is -0.320 e. The van der Waals surface area contributed by atoms with Crippen LogP contribution in [0.15, 0.2) is 58.7 Å². The molecule has 1 heterocycles. The maximum absolute atomic E-state index is 12.2. The molecule has 0 spiro atoms. The van der Waals surface area contributed by atoms with E-state index in [0.29, 0.717) is 5.02 Å². The van der Waals surface area contributed by atoms with E-state index in [-0.39, 0.29) is 28.9 Å². The fraction of sp³-hybridized carbons (Fsp3) is 0.111. The number of carbonyl (C=O) groups excluding carboxylic acids is 2. The molecule has 0 aliphatic carbocycles. The van der Waals surface area contributed by atoms with Crippen molar-refractivity contribution in [1.29, 1.82) is 0 Å². The van der Waals surface area contributed by atoms with Crippen molar-refractivity contribution in [3.05, 3.63) is 69.2 Å². The lowest BCUT2D eigenvalue weighted by Crippen LogP contribution is -2.28. The van der Waals surface area contributed by atoms with Crippen molar-refractivity contribution in [3.8, 4) is 0 Å². The maximum atomic E-state index is 12.2. The summed E-state index contributed by atoms with van der Waals surface area (Å²) in [7, 11) is 0. The first-order valence-corrected chi connectivity index (χ1v) is 9.55. The first-order chi connectivity index (χ1) is 13.9. The average Bonchev–Trinajstić information content (AvgIpc) is 3.02. The highest BCUT2D eigenvalue weighted by Crippen LogP contribution is 2.26. The van der Waals surface area contributed by atoms with Crippen molar-refractivity contribution in [3.63, 3.8) is 0 Å². The molecule has 3 rings (SSSR count). The minimum atomic E-state index is -0.706. The molecule has 0 aromatic heterocycles. The van der Waals surface area contributed by atoms with Crippen LogP contribution >= 0.6 is 23.4 Å². The standard InChI is InChI=1S/C18H14ClN5O4S/c19-12-7-5-11(6-8-12)10-20-23-18-22-17(26)15(29-18)9-16(25)21-13-3-1-2-4-14(13)24(27)28/h1-8,10,15H,9H2,(H,21,25)(H,22,23,26)/b20-10+. The van der Waals surface area contributed by atoms with Gasteiger partial charge in [-0.3, -0.25) is 19.7 Å². The highest BCUT2D eigenvalue weighted by molar-refractivity contribution is 8.15. The third kappa shape index (κ3) is 5.62. The van der Waals surface area contributed by atoms with Crippen molar-refractivity contribution < 1.29 is 14.5 Å². The predicted molar refractivity (Wildman–Crippen MR) is 112 cm³/mol. The van der Waals surface area contributed by atoms with Crippen LogP contribution in [0.5, 0.6) is 0 Å². The van der Waals surface area contributed by atoms with Crippen LogP contribution in [0.25, 0.3) is 0 Å². The second-order valence-corrected chi connectivity index (χ2v) is 7.45. The zero-order valence-electron chi connectivity index (χ0n) is 14.7. The molecule has 2 aromatic carbocycles. The van der Waals surface area contributed by atoms with Crippen LogP contribution in [0.4, 0.5) is 11.4 Å². The summed E-state index contributed by atoms with van der Waals surface area (Å²) in [6.45, 7) is 0. The molecule has 1 aliphatic heterocycles. The molecule has 0 radical (unpaired) electrons. The summed E-state index contributed by atoms with van der Waals surface area (Å²) in [6.07, 6.45) is 1.34. The minimum absolute atomic E-state index is 0.0763. The molecule has 0 saturated carbocycles. The number of amides is 2. The van der Waals surface area contributed by atoms with Crippen LogP contribution in [0.1, 0.15) is 12.0 Å². The fourth-order valence-electron chi connectivity index (χ4n) is 2.39. The largest absolute Gasteiger partial charge is 0.320 e. The number of halogens is 1. The number of nitro groups is 1. The molecule has 0 bridgehead atoms. The van der Waals surface area contributed by atoms with E-state index in [0.717, 1.165) is 17.3 Å². The van der Waals surface area contributed by atoms with E-state index in [1.54, 1.807) is 30.3 Å². The first kappa shape index (κ1) is 20.5. The van der Waals surface area contributed by atoms with Gasteiger partial charge in [-0.25, -0.2) is 0 Å². The molecule has 148 valence electrons. The number of para-hydroxylation sites is 2. The highest BCUT2D eigenvalue weighted by Gasteiger charge is 2.32. The third-order valence-electron chi connectivity index (χ3n) is 3.75. The number of amidine groups is 1. The Kier molecular flexibility index (Phi) is 6.57. The lowest BCUT2D eigenvalue weighted by Gasteiger charge is -2.07. The van der Waals surface area contributed by atoms with Gasteiger partial charge in [-0.15, -0.1) is 5.10 Å². The van der Waals surface area contributed by atoms with Gasteiger partial charge >= 0.3 is 0 Å². The molecule has 2 aromatic rings. The molecule has 29 heavy (non-hydrogen) atoms. The van der Waals surface area contributed by atoms with Crippen molar-refractivity contribution in [2.45, 2.75) is 11.7 Å². The molecule has 1 unspecified atom stereocenters. The average molecular weight is 432 g/mol. The van der Waals surface area contributed by atoms with E-state index in [9.17, 15) is 19.7 Å². The van der Waals surface area contributed by atoms with E-state index < -0.39 is 16.1 Å². The molecule has 1 fully saturated rings. The number of nitrogens with zero attached hydrogens (tertiary/aromatic N) is 3. The number of benzene rings is 2. The van der Waals surface area contributed by atoms with Crippen LogP contribution in [0, 0.1) is 10.1 Å². The van der Waals surface area contributed by atoms with Crippen molar-refractivity contribution in [2.75, 3.05) is 5.32 Å². The number of nitrogens with one attached hydrogen (secondary N) is 2. The van der Waals surface area contributed by atoms with Crippen LogP contribution < -0.4 is 10.6 Å². The van der Waals surface area contributed by atoms with E-state index in [2.05, 4.69) is 20.8 Å². The Balaban J connectivity index is 1.58. The van der Waals surface area contributed by atoms with Gasteiger partial charge in [-0.2, -0.15) is 5.10 Å². The first-order valence-electron chi connectivity index (χ1n) is 8.30. The van der Waals surface area contributed by atoms with Gasteiger partial charge in [0.05, 0.1) is 11.1 Å². The smallest absolute Gasteiger partial charge is 0.292 e. The Labute approximate surface area is 174 Å². The summed E-state index contributed by atoms with van der Waals surface area (Å²) in [5, 5.41) is 24.0. The quantitative estimate of drug-likeness (QED) is 0.412. The topological polar surface area (TPSA) is 126 Å². The van der Waals surface area contributed by atoms with Gasteiger partial charge in [-0.1, -0.05) is 47.6 Å². The molecule has 1 aliphatic rings. The summed E-state index contributed by atoms with van der Waals surface area (Å²) in [5.74, 6) is -0.897. The molecule has 1 atom stereocenters. The number of hydrogen-bond acceptors (Lipinski definition) is 7. The number of carbonyl (C=O) groups is 2. The number of nitro benzene ring substituents is 1. The predicted octanol–water partition coefficient (Wildman–Crippen LogP) is 3.20. The zero-order chi connectivity index (χ0) is 20.8. The molecule has 11 heteroatoms. The Bertz CT molecular complexity index is 1010. The second-order valence-electron chi connectivity index (χ2n) is 5.82. The lowest BCUT2D eigenvalue weighted by atomic mass is 10.2. The number of anilines is 1. The second kappa shape index (κ2) is 9.30. The Morgan fingerprint density at radius 2 is 2.00 bits per heavy atom. The van der Waals surface area contributed by atoms with Crippen molar-refractivity contribution >= 4 is 57.9 Å². The zero-order valence-corrected chi connectivity index (χ0v) is 16.3. The maximum Gasteiger partial charge on any atom is 0.292 e.